The molecule has 1 N–H and O–H groups in total. The van der Waals surface area contributed by atoms with Gasteiger partial charge in [-0.3, -0.25) is 4.79 Å². The monoisotopic (exact) mass is 377 g/mol. The van der Waals surface area contributed by atoms with Crippen LogP contribution in [0.5, 0.6) is 11.5 Å². The van der Waals surface area contributed by atoms with Crippen LogP contribution in [0.1, 0.15) is 12.5 Å². The second kappa shape index (κ2) is 8.58. The number of halogens is 1. The maximum atomic E-state index is 12.0. The second-order valence-electron chi connectivity index (χ2n) is 5.17. The lowest BCUT2D eigenvalue weighted by atomic mass is 10.2. The van der Waals surface area contributed by atoms with Crippen LogP contribution in [0, 0.1) is 6.92 Å². The molecule has 1 amide bonds. The minimum atomic E-state index is -0.560. The van der Waals surface area contributed by atoms with E-state index in [1.807, 2.05) is 55.5 Å². The van der Waals surface area contributed by atoms with Gasteiger partial charge in [0.2, 0.25) is 0 Å². The molecule has 1 atom stereocenters. The van der Waals surface area contributed by atoms with Gasteiger partial charge in [-0.1, -0.05) is 28.1 Å². The smallest absolute Gasteiger partial charge is 0.260 e. The highest BCUT2D eigenvalue weighted by atomic mass is 79.9. The van der Waals surface area contributed by atoms with Crippen molar-refractivity contribution in [1.82, 2.24) is 5.32 Å². The van der Waals surface area contributed by atoms with E-state index in [2.05, 4.69) is 21.2 Å². The van der Waals surface area contributed by atoms with Gasteiger partial charge in [0, 0.05) is 4.47 Å². The number of carbonyl (C=O) groups excluding carboxylic acids is 1. The van der Waals surface area contributed by atoms with Crippen molar-refractivity contribution >= 4 is 21.8 Å². The lowest BCUT2D eigenvalue weighted by Crippen LogP contribution is -2.38. The van der Waals surface area contributed by atoms with Crippen molar-refractivity contribution in [2.75, 3.05) is 13.2 Å². The lowest BCUT2D eigenvalue weighted by molar-refractivity contribution is -0.127. The summed E-state index contributed by atoms with van der Waals surface area (Å²) in [6, 6.07) is 15.2. The number of ether oxygens (including phenoxy) is 2. The third kappa shape index (κ3) is 5.94. The molecule has 0 aromatic heterocycles. The highest BCUT2D eigenvalue weighted by Crippen LogP contribution is 2.17. The second-order valence-corrected chi connectivity index (χ2v) is 6.09. The molecule has 0 radical (unpaired) electrons. The molecular formula is C18H20BrNO3. The van der Waals surface area contributed by atoms with E-state index in [0.717, 1.165) is 15.8 Å². The summed E-state index contributed by atoms with van der Waals surface area (Å²) >= 11 is 3.36. The van der Waals surface area contributed by atoms with Gasteiger partial charge in [0.05, 0.1) is 6.54 Å². The van der Waals surface area contributed by atoms with Gasteiger partial charge in [0.15, 0.2) is 6.10 Å². The third-order valence-electron chi connectivity index (χ3n) is 3.16. The minimum Gasteiger partial charge on any atom is -0.492 e. The van der Waals surface area contributed by atoms with Crippen LogP contribution in [0.2, 0.25) is 0 Å². The Kier molecular flexibility index (Phi) is 6.47. The number of aryl methyl sites for hydroxylation is 1. The van der Waals surface area contributed by atoms with Crippen LogP contribution in [0.15, 0.2) is 53.0 Å². The molecule has 5 heteroatoms. The van der Waals surface area contributed by atoms with Crippen molar-refractivity contribution < 1.29 is 14.3 Å². The van der Waals surface area contributed by atoms with Gasteiger partial charge in [-0.2, -0.15) is 0 Å². The first-order chi connectivity index (χ1) is 11.0. The van der Waals surface area contributed by atoms with Crippen molar-refractivity contribution in [3.8, 4) is 11.5 Å². The summed E-state index contributed by atoms with van der Waals surface area (Å²) in [4.78, 5) is 12.0. The molecule has 0 aliphatic carbocycles. The van der Waals surface area contributed by atoms with Crippen molar-refractivity contribution in [1.29, 1.82) is 0 Å². The van der Waals surface area contributed by atoms with E-state index >= 15 is 0 Å². The summed E-state index contributed by atoms with van der Waals surface area (Å²) in [6.07, 6.45) is -0.560. The SMILES string of the molecule is Cc1cccc(OCCNC(=O)[C@@H](C)Oc2ccc(Br)cc2)c1. The number of rotatable bonds is 7. The van der Waals surface area contributed by atoms with Gasteiger partial charge >= 0.3 is 0 Å². The van der Waals surface area contributed by atoms with E-state index in [1.54, 1.807) is 6.92 Å². The van der Waals surface area contributed by atoms with Crippen molar-refractivity contribution in [3.05, 3.63) is 58.6 Å². The van der Waals surface area contributed by atoms with E-state index < -0.39 is 6.10 Å². The number of benzene rings is 2. The molecular weight excluding hydrogens is 358 g/mol. The van der Waals surface area contributed by atoms with Crippen molar-refractivity contribution in [2.24, 2.45) is 0 Å². The van der Waals surface area contributed by atoms with Crippen LogP contribution in [0.25, 0.3) is 0 Å². The summed E-state index contributed by atoms with van der Waals surface area (Å²) in [6.45, 7) is 4.58. The number of hydrogen-bond acceptors (Lipinski definition) is 3. The maximum absolute atomic E-state index is 12.0. The Labute approximate surface area is 144 Å². The van der Waals surface area contributed by atoms with E-state index in [4.69, 9.17) is 9.47 Å². The molecule has 122 valence electrons. The molecule has 2 rings (SSSR count). The van der Waals surface area contributed by atoms with Gasteiger partial charge in [-0.25, -0.2) is 0 Å². The molecule has 0 bridgehead atoms. The molecule has 2 aromatic rings. The molecule has 4 nitrogen and oxygen atoms in total. The first-order valence-corrected chi connectivity index (χ1v) is 8.23. The Morgan fingerprint density at radius 3 is 2.61 bits per heavy atom. The van der Waals surface area contributed by atoms with Crippen LogP contribution in [0.3, 0.4) is 0 Å². The molecule has 0 heterocycles. The fourth-order valence-corrected chi connectivity index (χ4v) is 2.23. The average Bonchev–Trinajstić information content (AvgIpc) is 2.53. The summed E-state index contributed by atoms with van der Waals surface area (Å²) in [5.74, 6) is 1.30. The molecule has 0 spiro atoms. The van der Waals surface area contributed by atoms with E-state index in [9.17, 15) is 4.79 Å². The van der Waals surface area contributed by atoms with Crippen molar-refractivity contribution in [3.63, 3.8) is 0 Å². The number of nitrogens with one attached hydrogen (secondary N) is 1. The lowest BCUT2D eigenvalue weighted by Gasteiger charge is -2.15. The zero-order chi connectivity index (χ0) is 16.7. The Hall–Kier alpha value is -2.01. The number of carbonyl (C=O) groups is 1. The zero-order valence-corrected chi connectivity index (χ0v) is 14.8. The van der Waals surface area contributed by atoms with Gasteiger partial charge in [-0.15, -0.1) is 0 Å². The quantitative estimate of drug-likeness (QED) is 0.747. The highest BCUT2D eigenvalue weighted by Gasteiger charge is 2.13. The minimum absolute atomic E-state index is 0.166. The predicted octanol–water partition coefficient (Wildman–Crippen LogP) is 3.72. The summed E-state index contributed by atoms with van der Waals surface area (Å²) in [7, 11) is 0. The van der Waals surface area contributed by atoms with Crippen LogP contribution in [-0.2, 0) is 4.79 Å². The fraction of sp³-hybridized carbons (Fsp3) is 0.278. The summed E-state index contributed by atoms with van der Waals surface area (Å²) < 4.78 is 12.1. The van der Waals surface area contributed by atoms with E-state index in [1.165, 1.54) is 0 Å². The summed E-state index contributed by atoms with van der Waals surface area (Å²) in [5.41, 5.74) is 1.14. The molecule has 2 aromatic carbocycles. The van der Waals surface area contributed by atoms with Crippen LogP contribution >= 0.6 is 15.9 Å². The number of amides is 1. The maximum Gasteiger partial charge on any atom is 0.260 e. The molecule has 0 saturated carbocycles. The van der Waals surface area contributed by atoms with Crippen LogP contribution < -0.4 is 14.8 Å². The molecule has 0 aliphatic rings. The molecule has 0 saturated heterocycles. The third-order valence-corrected chi connectivity index (χ3v) is 3.68. The van der Waals surface area contributed by atoms with Gasteiger partial charge in [-0.05, 0) is 55.8 Å². The average molecular weight is 378 g/mol. The predicted molar refractivity (Wildman–Crippen MR) is 93.9 cm³/mol. The Morgan fingerprint density at radius 1 is 1.17 bits per heavy atom. The number of hydrogen-bond donors (Lipinski definition) is 1. The topological polar surface area (TPSA) is 47.6 Å². The highest BCUT2D eigenvalue weighted by molar-refractivity contribution is 9.10. The molecule has 0 fully saturated rings. The molecule has 23 heavy (non-hydrogen) atoms. The van der Waals surface area contributed by atoms with Gasteiger partial charge in [0.1, 0.15) is 18.1 Å². The molecule has 0 aliphatic heterocycles. The zero-order valence-electron chi connectivity index (χ0n) is 13.2. The normalized spacial score (nSPS) is 11.6. The van der Waals surface area contributed by atoms with Crippen LogP contribution in [-0.4, -0.2) is 25.2 Å². The van der Waals surface area contributed by atoms with Crippen LogP contribution in [0.4, 0.5) is 0 Å². The Morgan fingerprint density at radius 2 is 1.91 bits per heavy atom. The Bertz CT molecular complexity index is 643. The fourth-order valence-electron chi connectivity index (χ4n) is 1.96. The first-order valence-electron chi connectivity index (χ1n) is 7.44. The molecule has 0 unspecified atom stereocenters. The first kappa shape index (κ1) is 17.3. The van der Waals surface area contributed by atoms with Gasteiger partial charge < -0.3 is 14.8 Å². The summed E-state index contributed by atoms with van der Waals surface area (Å²) in [5, 5.41) is 2.80. The standard InChI is InChI=1S/C18H20BrNO3/c1-13-4-3-5-17(12-13)22-11-10-20-18(21)14(2)23-16-8-6-15(19)7-9-16/h3-9,12,14H,10-11H2,1-2H3,(H,20,21)/t14-/m1/s1. The van der Waals surface area contributed by atoms with E-state index in [0.29, 0.717) is 18.9 Å². The largest absolute Gasteiger partial charge is 0.492 e. The van der Waals surface area contributed by atoms with Gasteiger partial charge in [0.25, 0.3) is 5.91 Å². The van der Waals surface area contributed by atoms with Crippen molar-refractivity contribution in [2.45, 2.75) is 20.0 Å². The Balaban J connectivity index is 1.70. The van der Waals surface area contributed by atoms with E-state index in [-0.39, 0.29) is 5.91 Å².